The molecule has 13 heavy (non-hydrogen) atoms. The SMILES string of the molecule is Fc1cc(F)cc(-c2co[c]n2)c1. The molecule has 1 aromatic carbocycles. The molecule has 65 valence electrons. The van der Waals surface area contributed by atoms with E-state index in [0.717, 1.165) is 6.07 Å². The summed E-state index contributed by atoms with van der Waals surface area (Å²) in [5.74, 6) is -1.28. The maximum absolute atomic E-state index is 12.7. The van der Waals surface area contributed by atoms with Crippen molar-refractivity contribution in [3.63, 3.8) is 0 Å². The van der Waals surface area contributed by atoms with Crippen molar-refractivity contribution in [3.8, 4) is 11.3 Å². The molecule has 0 unspecified atom stereocenters. The van der Waals surface area contributed by atoms with Gasteiger partial charge in [0.1, 0.15) is 23.6 Å². The molecule has 0 bridgehead atoms. The number of benzene rings is 1. The Bertz CT molecular complexity index is 391. The van der Waals surface area contributed by atoms with E-state index in [1.165, 1.54) is 18.4 Å². The molecular weight excluding hydrogens is 176 g/mol. The van der Waals surface area contributed by atoms with Crippen LogP contribution in [0.25, 0.3) is 11.3 Å². The van der Waals surface area contributed by atoms with Gasteiger partial charge in [-0.25, -0.2) is 13.8 Å². The molecular formula is C9H4F2NO. The number of oxazole rings is 1. The Hall–Kier alpha value is -1.71. The van der Waals surface area contributed by atoms with Crippen LogP contribution in [0.2, 0.25) is 0 Å². The summed E-state index contributed by atoms with van der Waals surface area (Å²) in [6.45, 7) is 0. The number of hydrogen-bond donors (Lipinski definition) is 0. The average molecular weight is 180 g/mol. The van der Waals surface area contributed by atoms with E-state index in [4.69, 9.17) is 0 Å². The van der Waals surface area contributed by atoms with E-state index in [9.17, 15) is 8.78 Å². The zero-order chi connectivity index (χ0) is 9.26. The van der Waals surface area contributed by atoms with E-state index in [1.54, 1.807) is 0 Å². The van der Waals surface area contributed by atoms with Gasteiger partial charge in [0.25, 0.3) is 6.39 Å². The van der Waals surface area contributed by atoms with Gasteiger partial charge < -0.3 is 4.42 Å². The Labute approximate surface area is 72.8 Å². The summed E-state index contributed by atoms with van der Waals surface area (Å²) in [6.07, 6.45) is 3.47. The Morgan fingerprint density at radius 1 is 1.15 bits per heavy atom. The molecule has 0 aliphatic heterocycles. The van der Waals surface area contributed by atoms with Crippen LogP contribution in [-0.4, -0.2) is 4.98 Å². The molecule has 0 saturated carbocycles. The first-order chi connectivity index (χ1) is 6.25. The molecule has 0 fully saturated rings. The lowest BCUT2D eigenvalue weighted by atomic mass is 10.1. The maximum atomic E-state index is 12.7. The quantitative estimate of drug-likeness (QED) is 0.673. The van der Waals surface area contributed by atoms with Gasteiger partial charge in [0.05, 0.1) is 0 Å². The van der Waals surface area contributed by atoms with Gasteiger partial charge in [-0.05, 0) is 12.1 Å². The molecule has 0 aliphatic rings. The topological polar surface area (TPSA) is 26.0 Å². The third-order valence-electron chi connectivity index (χ3n) is 1.55. The van der Waals surface area contributed by atoms with Crippen LogP contribution in [0.4, 0.5) is 8.78 Å². The predicted octanol–water partition coefficient (Wildman–Crippen LogP) is 2.42. The molecule has 0 aliphatic carbocycles. The molecule has 0 saturated heterocycles. The fourth-order valence-electron chi connectivity index (χ4n) is 1.02. The predicted molar refractivity (Wildman–Crippen MR) is 40.7 cm³/mol. The number of nitrogens with zero attached hydrogens (tertiary/aromatic N) is 1. The van der Waals surface area contributed by atoms with Crippen LogP contribution in [0.1, 0.15) is 0 Å². The molecule has 1 radical (unpaired) electrons. The lowest BCUT2D eigenvalue weighted by molar-refractivity contribution is 0.548. The van der Waals surface area contributed by atoms with Crippen LogP contribution in [0.15, 0.2) is 28.9 Å². The van der Waals surface area contributed by atoms with E-state index in [2.05, 4.69) is 15.8 Å². The minimum Gasteiger partial charge on any atom is -0.440 e. The fourth-order valence-corrected chi connectivity index (χ4v) is 1.02. The van der Waals surface area contributed by atoms with E-state index in [1.807, 2.05) is 0 Å². The fraction of sp³-hybridized carbons (Fsp3) is 0. The van der Waals surface area contributed by atoms with Crippen molar-refractivity contribution < 1.29 is 13.2 Å². The summed E-state index contributed by atoms with van der Waals surface area (Å²) < 4.78 is 30.0. The van der Waals surface area contributed by atoms with Gasteiger partial charge in [0, 0.05) is 11.6 Å². The summed E-state index contributed by atoms with van der Waals surface area (Å²) in [4.78, 5) is 3.64. The molecule has 0 atom stereocenters. The van der Waals surface area contributed by atoms with Crippen molar-refractivity contribution in [1.82, 2.24) is 4.98 Å². The first-order valence-electron chi connectivity index (χ1n) is 3.54. The first kappa shape index (κ1) is 7.91. The lowest BCUT2D eigenvalue weighted by Crippen LogP contribution is -1.83. The van der Waals surface area contributed by atoms with Gasteiger partial charge in [0.15, 0.2) is 0 Å². The van der Waals surface area contributed by atoms with Crippen molar-refractivity contribution in [2.45, 2.75) is 0 Å². The zero-order valence-corrected chi connectivity index (χ0v) is 6.42. The van der Waals surface area contributed by atoms with Crippen molar-refractivity contribution in [2.24, 2.45) is 0 Å². The van der Waals surface area contributed by atoms with Crippen LogP contribution in [0, 0.1) is 18.0 Å². The summed E-state index contributed by atoms with van der Waals surface area (Å²) in [6, 6.07) is 3.15. The highest BCUT2D eigenvalue weighted by Crippen LogP contribution is 2.19. The standard InChI is InChI=1S/C9H4F2NO/c10-7-1-6(2-8(11)3-7)9-4-13-5-12-9/h1-4H. The number of rotatable bonds is 1. The normalized spacial score (nSPS) is 10.3. The van der Waals surface area contributed by atoms with Crippen molar-refractivity contribution in [3.05, 3.63) is 42.5 Å². The zero-order valence-electron chi connectivity index (χ0n) is 6.42. The molecule has 0 spiro atoms. The van der Waals surface area contributed by atoms with Crippen LogP contribution >= 0.6 is 0 Å². The van der Waals surface area contributed by atoms with Gasteiger partial charge in [-0.15, -0.1) is 0 Å². The molecule has 0 N–H and O–H groups in total. The Morgan fingerprint density at radius 2 is 1.85 bits per heavy atom. The van der Waals surface area contributed by atoms with Crippen LogP contribution < -0.4 is 0 Å². The molecule has 1 aromatic heterocycles. The van der Waals surface area contributed by atoms with Crippen LogP contribution in [-0.2, 0) is 0 Å². The minimum atomic E-state index is -0.641. The highest BCUT2D eigenvalue weighted by molar-refractivity contribution is 5.57. The van der Waals surface area contributed by atoms with Gasteiger partial charge in [0.2, 0.25) is 0 Å². The largest absolute Gasteiger partial charge is 0.440 e. The second-order valence-corrected chi connectivity index (χ2v) is 2.48. The summed E-state index contributed by atoms with van der Waals surface area (Å²) in [7, 11) is 0. The molecule has 1 heterocycles. The number of aromatic nitrogens is 1. The molecule has 2 rings (SSSR count). The van der Waals surface area contributed by atoms with Crippen LogP contribution in [0.5, 0.6) is 0 Å². The van der Waals surface area contributed by atoms with Crippen LogP contribution in [0.3, 0.4) is 0 Å². The van der Waals surface area contributed by atoms with Crippen molar-refractivity contribution >= 4 is 0 Å². The van der Waals surface area contributed by atoms with Gasteiger partial charge in [-0.2, -0.15) is 0 Å². The first-order valence-corrected chi connectivity index (χ1v) is 3.54. The molecule has 2 aromatic rings. The summed E-state index contributed by atoms with van der Waals surface area (Å²) in [5.41, 5.74) is 0.695. The Balaban J connectivity index is 2.53. The van der Waals surface area contributed by atoms with E-state index in [-0.39, 0.29) is 0 Å². The maximum Gasteiger partial charge on any atom is 0.284 e. The highest BCUT2D eigenvalue weighted by Gasteiger charge is 2.04. The second kappa shape index (κ2) is 2.97. The van der Waals surface area contributed by atoms with Gasteiger partial charge in [-0.3, -0.25) is 0 Å². The summed E-state index contributed by atoms with van der Waals surface area (Å²) in [5, 5.41) is 0. The highest BCUT2D eigenvalue weighted by atomic mass is 19.1. The van der Waals surface area contributed by atoms with E-state index >= 15 is 0 Å². The van der Waals surface area contributed by atoms with Gasteiger partial charge in [-0.1, -0.05) is 0 Å². The lowest BCUT2D eigenvalue weighted by Gasteiger charge is -1.95. The average Bonchev–Trinajstić information content (AvgIpc) is 2.53. The second-order valence-electron chi connectivity index (χ2n) is 2.48. The van der Waals surface area contributed by atoms with E-state index < -0.39 is 11.6 Å². The Kier molecular flexibility index (Phi) is 1.81. The molecule has 4 heteroatoms. The smallest absolute Gasteiger partial charge is 0.284 e. The monoisotopic (exact) mass is 180 g/mol. The van der Waals surface area contributed by atoms with Gasteiger partial charge >= 0.3 is 0 Å². The van der Waals surface area contributed by atoms with Crippen molar-refractivity contribution in [1.29, 1.82) is 0 Å². The third-order valence-corrected chi connectivity index (χ3v) is 1.55. The number of hydrogen-bond acceptors (Lipinski definition) is 2. The third kappa shape index (κ3) is 1.56. The molecule has 0 amide bonds. The molecule has 2 nitrogen and oxygen atoms in total. The van der Waals surface area contributed by atoms with E-state index in [0.29, 0.717) is 11.3 Å². The van der Waals surface area contributed by atoms with Crippen molar-refractivity contribution in [2.75, 3.05) is 0 Å². The minimum absolute atomic E-state index is 0.336. The number of halogens is 2. The summed E-state index contributed by atoms with van der Waals surface area (Å²) >= 11 is 0. The Morgan fingerprint density at radius 3 is 2.38 bits per heavy atom.